The fraction of sp³-hybridized carbons (Fsp3) is 0. The van der Waals surface area contributed by atoms with Gasteiger partial charge in [-0.1, -0.05) is 0 Å². The molecule has 0 radical (unpaired) electrons. The number of pyridine rings is 2. The highest BCUT2D eigenvalue weighted by Crippen LogP contribution is 2.14. The standard InChI is InChI=1S/C8H5N3O3/c12-7-2-1-5-3-6(11(13)14)4-9-8(5)10-7/h1-4H,(H,9,10,12). The lowest BCUT2D eigenvalue weighted by atomic mass is 10.3. The molecule has 2 rings (SSSR count). The van der Waals surface area contributed by atoms with Crippen LogP contribution in [-0.4, -0.2) is 14.9 Å². The van der Waals surface area contributed by atoms with E-state index < -0.39 is 4.92 Å². The molecule has 0 fully saturated rings. The van der Waals surface area contributed by atoms with Crippen LogP contribution in [0.5, 0.6) is 0 Å². The predicted octanol–water partition coefficient (Wildman–Crippen LogP) is 0.831. The molecule has 0 atom stereocenters. The Bertz CT molecular complexity index is 561. The van der Waals surface area contributed by atoms with Crippen molar-refractivity contribution in [3.05, 3.63) is 44.9 Å². The topological polar surface area (TPSA) is 88.9 Å². The van der Waals surface area contributed by atoms with Crippen molar-refractivity contribution in [1.29, 1.82) is 0 Å². The Labute approximate surface area is 77.4 Å². The first kappa shape index (κ1) is 8.36. The number of hydrogen-bond donors (Lipinski definition) is 1. The van der Waals surface area contributed by atoms with Crippen molar-refractivity contribution in [1.82, 2.24) is 9.97 Å². The summed E-state index contributed by atoms with van der Waals surface area (Å²) < 4.78 is 0. The number of nitro groups is 1. The van der Waals surface area contributed by atoms with E-state index >= 15 is 0 Å². The fourth-order valence-corrected chi connectivity index (χ4v) is 1.13. The average molecular weight is 191 g/mol. The summed E-state index contributed by atoms with van der Waals surface area (Å²) in [6.45, 7) is 0. The molecule has 2 heterocycles. The lowest BCUT2D eigenvalue weighted by molar-refractivity contribution is -0.385. The van der Waals surface area contributed by atoms with E-state index in [9.17, 15) is 14.9 Å². The molecular weight excluding hydrogens is 186 g/mol. The van der Waals surface area contributed by atoms with Gasteiger partial charge in [0.05, 0.1) is 4.92 Å². The average Bonchev–Trinajstić information content (AvgIpc) is 2.16. The van der Waals surface area contributed by atoms with E-state index in [0.29, 0.717) is 11.0 Å². The lowest BCUT2D eigenvalue weighted by Gasteiger charge is -1.95. The minimum Gasteiger partial charge on any atom is -0.307 e. The van der Waals surface area contributed by atoms with Crippen LogP contribution in [0.25, 0.3) is 11.0 Å². The summed E-state index contributed by atoms with van der Waals surface area (Å²) in [5.74, 6) is 0. The van der Waals surface area contributed by atoms with E-state index in [-0.39, 0.29) is 11.2 Å². The van der Waals surface area contributed by atoms with Gasteiger partial charge < -0.3 is 4.98 Å². The normalized spacial score (nSPS) is 10.3. The zero-order chi connectivity index (χ0) is 10.1. The fourth-order valence-electron chi connectivity index (χ4n) is 1.13. The molecule has 0 aliphatic carbocycles. The van der Waals surface area contributed by atoms with Crippen LogP contribution in [0.3, 0.4) is 0 Å². The van der Waals surface area contributed by atoms with E-state index in [0.717, 1.165) is 6.20 Å². The van der Waals surface area contributed by atoms with Gasteiger partial charge in [-0.3, -0.25) is 14.9 Å². The number of aromatic amines is 1. The van der Waals surface area contributed by atoms with E-state index in [1.807, 2.05) is 0 Å². The Morgan fingerprint density at radius 1 is 1.43 bits per heavy atom. The summed E-state index contributed by atoms with van der Waals surface area (Å²) in [6, 6.07) is 4.15. The molecule has 0 saturated carbocycles. The van der Waals surface area contributed by atoms with Crippen LogP contribution >= 0.6 is 0 Å². The van der Waals surface area contributed by atoms with Crippen molar-refractivity contribution in [2.24, 2.45) is 0 Å². The van der Waals surface area contributed by atoms with Crippen LogP contribution in [0.15, 0.2) is 29.2 Å². The van der Waals surface area contributed by atoms with Crippen molar-refractivity contribution in [2.45, 2.75) is 0 Å². The summed E-state index contributed by atoms with van der Waals surface area (Å²) in [4.78, 5) is 27.0. The highest BCUT2D eigenvalue weighted by atomic mass is 16.6. The first-order valence-corrected chi connectivity index (χ1v) is 3.80. The van der Waals surface area contributed by atoms with E-state index in [4.69, 9.17) is 0 Å². The minimum atomic E-state index is -0.530. The van der Waals surface area contributed by atoms with E-state index in [1.165, 1.54) is 18.2 Å². The molecule has 0 amide bonds. The lowest BCUT2D eigenvalue weighted by Crippen LogP contribution is -2.03. The monoisotopic (exact) mass is 191 g/mol. The third-order valence-electron chi connectivity index (χ3n) is 1.77. The molecule has 6 nitrogen and oxygen atoms in total. The molecule has 0 aliphatic rings. The smallest absolute Gasteiger partial charge is 0.288 e. The third kappa shape index (κ3) is 1.33. The molecule has 0 unspecified atom stereocenters. The van der Waals surface area contributed by atoms with Crippen LogP contribution in [0.4, 0.5) is 5.69 Å². The SMILES string of the molecule is O=c1ccc2cc([N+](=O)[O-])cnc2[nH]1. The van der Waals surface area contributed by atoms with Gasteiger partial charge in [-0.2, -0.15) is 0 Å². The summed E-state index contributed by atoms with van der Waals surface area (Å²) in [5.41, 5.74) is -0.0218. The molecular formula is C8H5N3O3. The Kier molecular flexibility index (Phi) is 1.74. The number of nitrogens with one attached hydrogen (secondary N) is 1. The maximum atomic E-state index is 10.9. The van der Waals surface area contributed by atoms with Crippen LogP contribution in [0, 0.1) is 10.1 Å². The van der Waals surface area contributed by atoms with Crippen LogP contribution < -0.4 is 5.56 Å². The molecule has 0 saturated heterocycles. The number of hydrogen-bond acceptors (Lipinski definition) is 4. The van der Waals surface area contributed by atoms with Gasteiger partial charge in [-0.15, -0.1) is 0 Å². The Balaban J connectivity index is 2.73. The van der Waals surface area contributed by atoms with Crippen LogP contribution in [0.2, 0.25) is 0 Å². The van der Waals surface area contributed by atoms with E-state index in [2.05, 4.69) is 9.97 Å². The maximum absolute atomic E-state index is 10.9. The molecule has 70 valence electrons. The van der Waals surface area contributed by atoms with Gasteiger partial charge in [0.25, 0.3) is 5.69 Å². The van der Waals surface area contributed by atoms with Crippen molar-refractivity contribution < 1.29 is 4.92 Å². The number of nitrogens with zero attached hydrogens (tertiary/aromatic N) is 2. The molecule has 0 bridgehead atoms. The number of H-pyrrole nitrogens is 1. The largest absolute Gasteiger partial charge is 0.307 e. The van der Waals surface area contributed by atoms with E-state index in [1.54, 1.807) is 0 Å². The zero-order valence-corrected chi connectivity index (χ0v) is 6.93. The highest BCUT2D eigenvalue weighted by Gasteiger charge is 2.06. The number of rotatable bonds is 1. The first-order valence-electron chi connectivity index (χ1n) is 3.80. The van der Waals surface area contributed by atoms with Gasteiger partial charge in [0.1, 0.15) is 11.8 Å². The summed E-state index contributed by atoms with van der Waals surface area (Å²) >= 11 is 0. The Morgan fingerprint density at radius 3 is 2.93 bits per heavy atom. The molecule has 0 aliphatic heterocycles. The number of aromatic nitrogens is 2. The molecule has 14 heavy (non-hydrogen) atoms. The highest BCUT2D eigenvalue weighted by molar-refractivity contribution is 5.76. The summed E-state index contributed by atoms with van der Waals surface area (Å²) in [7, 11) is 0. The Hall–Kier alpha value is -2.24. The van der Waals surface area contributed by atoms with Gasteiger partial charge in [0.2, 0.25) is 5.56 Å². The van der Waals surface area contributed by atoms with Gasteiger partial charge in [0.15, 0.2) is 0 Å². The minimum absolute atomic E-state index is 0.0930. The van der Waals surface area contributed by atoms with Crippen molar-refractivity contribution in [2.75, 3.05) is 0 Å². The molecule has 2 aromatic heterocycles. The molecule has 6 heteroatoms. The quantitative estimate of drug-likeness (QED) is 0.534. The first-order chi connectivity index (χ1) is 6.66. The van der Waals surface area contributed by atoms with Gasteiger partial charge in [0, 0.05) is 17.5 Å². The van der Waals surface area contributed by atoms with Gasteiger partial charge >= 0.3 is 0 Å². The van der Waals surface area contributed by atoms with Crippen molar-refractivity contribution >= 4 is 16.7 Å². The van der Waals surface area contributed by atoms with Gasteiger partial charge in [-0.25, -0.2) is 4.98 Å². The summed E-state index contributed by atoms with van der Waals surface area (Å²) in [5, 5.41) is 10.9. The van der Waals surface area contributed by atoms with Gasteiger partial charge in [-0.05, 0) is 6.07 Å². The molecule has 0 aromatic carbocycles. The summed E-state index contributed by atoms with van der Waals surface area (Å²) in [6.07, 6.45) is 1.11. The Morgan fingerprint density at radius 2 is 2.21 bits per heavy atom. The molecule has 2 aromatic rings. The zero-order valence-electron chi connectivity index (χ0n) is 6.93. The molecule has 0 spiro atoms. The predicted molar refractivity (Wildman–Crippen MR) is 49.0 cm³/mol. The van der Waals surface area contributed by atoms with Crippen LogP contribution in [-0.2, 0) is 0 Å². The second-order valence-electron chi connectivity index (χ2n) is 2.71. The van der Waals surface area contributed by atoms with Crippen molar-refractivity contribution in [3.63, 3.8) is 0 Å². The molecule has 1 N–H and O–H groups in total. The van der Waals surface area contributed by atoms with Crippen LogP contribution in [0.1, 0.15) is 0 Å². The van der Waals surface area contributed by atoms with Crippen molar-refractivity contribution in [3.8, 4) is 0 Å². The second-order valence-corrected chi connectivity index (χ2v) is 2.71. The third-order valence-corrected chi connectivity index (χ3v) is 1.77. The number of fused-ring (bicyclic) bond motifs is 1. The second kappa shape index (κ2) is 2.91. The maximum Gasteiger partial charge on any atom is 0.288 e.